The van der Waals surface area contributed by atoms with Crippen LogP contribution in [-0.2, 0) is 4.79 Å². The zero-order valence-electron chi connectivity index (χ0n) is 10.4. The van der Waals surface area contributed by atoms with Crippen LogP contribution in [0.25, 0.3) is 0 Å². The summed E-state index contributed by atoms with van der Waals surface area (Å²) in [6.45, 7) is 4.69. The molecule has 1 aromatic carbocycles. The Hall–Kier alpha value is -1.35. The fraction of sp³-hybridized carbons (Fsp3) is 0.500. The third-order valence-corrected chi connectivity index (χ3v) is 3.24. The van der Waals surface area contributed by atoms with Gasteiger partial charge in [0.2, 0.25) is 5.91 Å². The first-order valence-corrected chi connectivity index (χ1v) is 6.32. The average Bonchev–Trinajstić information content (AvgIpc) is 2.82. The molecule has 1 saturated heterocycles. The van der Waals surface area contributed by atoms with Gasteiger partial charge in [-0.1, -0.05) is 30.3 Å². The van der Waals surface area contributed by atoms with Crippen LogP contribution in [0, 0.1) is 0 Å². The summed E-state index contributed by atoms with van der Waals surface area (Å²) in [5.41, 5.74) is 1.15. The SMILES string of the molecule is C[C@@H](NC(=O)CN1CCCC1)c1ccccc1. The molecule has 1 aliphatic heterocycles. The molecule has 1 atom stereocenters. The Morgan fingerprint density at radius 3 is 2.59 bits per heavy atom. The molecule has 1 aromatic rings. The largest absolute Gasteiger partial charge is 0.348 e. The summed E-state index contributed by atoms with van der Waals surface area (Å²) in [7, 11) is 0. The molecule has 0 radical (unpaired) electrons. The molecule has 1 heterocycles. The number of likely N-dealkylation sites (tertiary alicyclic amines) is 1. The smallest absolute Gasteiger partial charge is 0.234 e. The lowest BCUT2D eigenvalue weighted by Gasteiger charge is -2.18. The van der Waals surface area contributed by atoms with E-state index in [2.05, 4.69) is 10.2 Å². The maximum absolute atomic E-state index is 11.8. The van der Waals surface area contributed by atoms with E-state index in [0.29, 0.717) is 6.54 Å². The summed E-state index contributed by atoms with van der Waals surface area (Å²) in [5, 5.41) is 3.04. The van der Waals surface area contributed by atoms with Gasteiger partial charge in [-0.3, -0.25) is 9.69 Å². The highest BCUT2D eigenvalue weighted by Gasteiger charge is 2.16. The minimum Gasteiger partial charge on any atom is -0.348 e. The van der Waals surface area contributed by atoms with E-state index < -0.39 is 0 Å². The van der Waals surface area contributed by atoms with E-state index in [-0.39, 0.29) is 11.9 Å². The van der Waals surface area contributed by atoms with E-state index in [0.717, 1.165) is 18.7 Å². The van der Waals surface area contributed by atoms with E-state index in [4.69, 9.17) is 0 Å². The van der Waals surface area contributed by atoms with Crippen molar-refractivity contribution >= 4 is 5.91 Å². The van der Waals surface area contributed by atoms with Crippen LogP contribution in [0.5, 0.6) is 0 Å². The second-order valence-electron chi connectivity index (χ2n) is 4.68. The molecule has 0 aliphatic carbocycles. The molecule has 92 valence electrons. The van der Waals surface area contributed by atoms with Gasteiger partial charge in [-0.25, -0.2) is 0 Å². The molecule has 0 saturated carbocycles. The number of carbonyl (C=O) groups is 1. The predicted octanol–water partition coefficient (Wildman–Crippen LogP) is 1.96. The Bertz CT molecular complexity index is 358. The maximum Gasteiger partial charge on any atom is 0.234 e. The number of rotatable bonds is 4. The fourth-order valence-corrected chi connectivity index (χ4v) is 2.26. The number of nitrogens with one attached hydrogen (secondary N) is 1. The summed E-state index contributed by atoms with van der Waals surface area (Å²) >= 11 is 0. The quantitative estimate of drug-likeness (QED) is 0.860. The lowest BCUT2D eigenvalue weighted by atomic mass is 10.1. The van der Waals surface area contributed by atoms with Gasteiger partial charge in [0, 0.05) is 0 Å². The summed E-state index contributed by atoms with van der Waals surface area (Å²) in [5.74, 6) is 0.128. The van der Waals surface area contributed by atoms with Crippen LogP contribution in [-0.4, -0.2) is 30.4 Å². The molecule has 3 heteroatoms. The molecule has 1 aliphatic rings. The van der Waals surface area contributed by atoms with E-state index in [1.807, 2.05) is 37.3 Å². The van der Waals surface area contributed by atoms with Gasteiger partial charge in [0.15, 0.2) is 0 Å². The number of carbonyl (C=O) groups excluding carboxylic acids is 1. The highest BCUT2D eigenvalue weighted by molar-refractivity contribution is 5.78. The Kier molecular flexibility index (Phi) is 4.15. The summed E-state index contributed by atoms with van der Waals surface area (Å²) in [4.78, 5) is 14.0. The predicted molar refractivity (Wildman–Crippen MR) is 68.7 cm³/mol. The first kappa shape index (κ1) is 12.1. The Balaban J connectivity index is 1.81. The van der Waals surface area contributed by atoms with Gasteiger partial charge in [-0.05, 0) is 38.4 Å². The highest BCUT2D eigenvalue weighted by atomic mass is 16.2. The zero-order valence-corrected chi connectivity index (χ0v) is 10.4. The van der Waals surface area contributed by atoms with Crippen molar-refractivity contribution in [1.82, 2.24) is 10.2 Å². The van der Waals surface area contributed by atoms with Gasteiger partial charge in [0.1, 0.15) is 0 Å². The van der Waals surface area contributed by atoms with Crippen molar-refractivity contribution in [3.05, 3.63) is 35.9 Å². The van der Waals surface area contributed by atoms with Crippen LogP contribution in [0.1, 0.15) is 31.4 Å². The van der Waals surface area contributed by atoms with Gasteiger partial charge in [0.05, 0.1) is 12.6 Å². The van der Waals surface area contributed by atoms with Crippen molar-refractivity contribution in [3.8, 4) is 0 Å². The fourth-order valence-electron chi connectivity index (χ4n) is 2.26. The minimum absolute atomic E-state index is 0.0892. The molecular weight excluding hydrogens is 212 g/mol. The Labute approximate surface area is 103 Å². The normalized spacial score (nSPS) is 17.9. The average molecular weight is 232 g/mol. The molecular formula is C14H20N2O. The van der Waals surface area contributed by atoms with E-state index in [9.17, 15) is 4.79 Å². The summed E-state index contributed by atoms with van der Waals surface area (Å²) in [6, 6.07) is 10.2. The molecule has 17 heavy (non-hydrogen) atoms. The molecule has 0 bridgehead atoms. The van der Waals surface area contributed by atoms with Crippen LogP contribution in [0.2, 0.25) is 0 Å². The van der Waals surface area contributed by atoms with E-state index in [1.165, 1.54) is 12.8 Å². The van der Waals surface area contributed by atoms with E-state index in [1.54, 1.807) is 0 Å². The zero-order chi connectivity index (χ0) is 12.1. The van der Waals surface area contributed by atoms with Gasteiger partial charge >= 0.3 is 0 Å². The molecule has 0 spiro atoms. The minimum atomic E-state index is 0.0892. The van der Waals surface area contributed by atoms with Crippen LogP contribution < -0.4 is 5.32 Å². The molecule has 3 nitrogen and oxygen atoms in total. The molecule has 0 unspecified atom stereocenters. The van der Waals surface area contributed by atoms with Gasteiger partial charge < -0.3 is 5.32 Å². The lowest BCUT2D eigenvalue weighted by molar-refractivity contribution is -0.122. The van der Waals surface area contributed by atoms with Gasteiger partial charge in [-0.2, -0.15) is 0 Å². The number of amides is 1. The van der Waals surface area contributed by atoms with Crippen molar-refractivity contribution in [2.45, 2.75) is 25.8 Å². The second kappa shape index (κ2) is 5.82. The van der Waals surface area contributed by atoms with Crippen LogP contribution in [0.4, 0.5) is 0 Å². The lowest BCUT2D eigenvalue weighted by Crippen LogP contribution is -2.36. The van der Waals surface area contributed by atoms with Crippen molar-refractivity contribution in [1.29, 1.82) is 0 Å². The Morgan fingerprint density at radius 2 is 1.94 bits per heavy atom. The summed E-state index contributed by atoms with van der Waals surface area (Å²) in [6.07, 6.45) is 2.45. The standard InChI is InChI=1S/C14H20N2O/c1-12(13-7-3-2-4-8-13)15-14(17)11-16-9-5-6-10-16/h2-4,7-8,12H,5-6,9-11H2,1H3,(H,15,17)/t12-/m1/s1. The van der Waals surface area contributed by atoms with Gasteiger partial charge in [-0.15, -0.1) is 0 Å². The molecule has 1 fully saturated rings. The van der Waals surface area contributed by atoms with Crippen LogP contribution in [0.15, 0.2) is 30.3 Å². The topological polar surface area (TPSA) is 32.3 Å². The highest BCUT2D eigenvalue weighted by Crippen LogP contribution is 2.11. The van der Waals surface area contributed by atoms with Gasteiger partial charge in [0.25, 0.3) is 0 Å². The van der Waals surface area contributed by atoms with Crippen molar-refractivity contribution < 1.29 is 4.79 Å². The molecule has 0 aromatic heterocycles. The Morgan fingerprint density at radius 1 is 1.29 bits per heavy atom. The van der Waals surface area contributed by atoms with Crippen molar-refractivity contribution in [2.75, 3.05) is 19.6 Å². The van der Waals surface area contributed by atoms with Crippen molar-refractivity contribution in [3.63, 3.8) is 0 Å². The molecule has 2 rings (SSSR count). The first-order valence-electron chi connectivity index (χ1n) is 6.32. The molecule has 1 N–H and O–H groups in total. The third-order valence-electron chi connectivity index (χ3n) is 3.24. The monoisotopic (exact) mass is 232 g/mol. The first-order chi connectivity index (χ1) is 8.25. The number of hydrogen-bond acceptors (Lipinski definition) is 2. The number of benzene rings is 1. The van der Waals surface area contributed by atoms with Crippen molar-refractivity contribution in [2.24, 2.45) is 0 Å². The molecule has 1 amide bonds. The van der Waals surface area contributed by atoms with Crippen LogP contribution >= 0.6 is 0 Å². The number of nitrogens with zero attached hydrogens (tertiary/aromatic N) is 1. The van der Waals surface area contributed by atoms with Crippen LogP contribution in [0.3, 0.4) is 0 Å². The summed E-state index contributed by atoms with van der Waals surface area (Å²) < 4.78 is 0. The maximum atomic E-state index is 11.8. The third kappa shape index (κ3) is 3.56. The van der Waals surface area contributed by atoms with E-state index >= 15 is 0 Å². The number of hydrogen-bond donors (Lipinski definition) is 1. The second-order valence-corrected chi connectivity index (χ2v) is 4.68.